The summed E-state index contributed by atoms with van der Waals surface area (Å²) in [5, 5.41) is 10.6. The molecule has 1 aliphatic heterocycles. The molecule has 0 unspecified atom stereocenters. The van der Waals surface area contributed by atoms with Gasteiger partial charge in [0.05, 0.1) is 27.7 Å². The number of aromatic carboxylic acids is 1. The number of hydrogen-bond donors (Lipinski definition) is 1. The molecule has 0 spiro atoms. The topological polar surface area (TPSA) is 88.4 Å². The van der Waals surface area contributed by atoms with Crippen molar-refractivity contribution in [2.24, 2.45) is 4.99 Å². The lowest BCUT2D eigenvalue weighted by molar-refractivity contribution is -0.121. The number of ether oxygens (including phenoxy) is 2. The zero-order chi connectivity index (χ0) is 26.7. The maximum absolute atomic E-state index is 12.9. The molecule has 37 heavy (non-hydrogen) atoms. The van der Waals surface area contributed by atoms with Crippen LogP contribution in [-0.4, -0.2) is 41.2 Å². The summed E-state index contributed by atoms with van der Waals surface area (Å²) in [6.07, 6.45) is 1.74. The second-order valence-electron chi connectivity index (χ2n) is 7.78. The molecule has 1 heterocycles. The maximum atomic E-state index is 12.9. The molecular formula is C26H19BrCl2N2O5S. The Bertz CT molecular complexity index is 1440. The van der Waals surface area contributed by atoms with E-state index in [1.54, 1.807) is 49.5 Å². The Morgan fingerprint density at radius 2 is 1.89 bits per heavy atom. The summed E-state index contributed by atoms with van der Waals surface area (Å²) in [6, 6.07) is 14.9. The van der Waals surface area contributed by atoms with Crippen LogP contribution in [0.3, 0.4) is 0 Å². The first-order valence-electron chi connectivity index (χ1n) is 10.7. The number of amidine groups is 1. The van der Waals surface area contributed by atoms with E-state index in [2.05, 4.69) is 20.9 Å². The number of aliphatic imine (C=N–C) groups is 1. The highest BCUT2D eigenvalue weighted by atomic mass is 79.9. The molecule has 1 saturated heterocycles. The molecule has 0 bridgehead atoms. The number of methoxy groups -OCH3 is 1. The zero-order valence-corrected chi connectivity index (χ0v) is 23.4. The van der Waals surface area contributed by atoms with E-state index in [0.717, 1.165) is 11.1 Å². The number of carbonyl (C=O) groups is 2. The molecule has 0 aliphatic carbocycles. The molecule has 3 aromatic carbocycles. The van der Waals surface area contributed by atoms with Crippen molar-refractivity contribution in [1.29, 1.82) is 0 Å². The Hall–Kier alpha value is -2.98. The first kappa shape index (κ1) is 27.1. The highest BCUT2D eigenvalue weighted by molar-refractivity contribution is 9.10. The van der Waals surface area contributed by atoms with E-state index in [9.17, 15) is 9.59 Å². The van der Waals surface area contributed by atoms with Gasteiger partial charge in [-0.15, -0.1) is 0 Å². The number of rotatable bonds is 7. The third-order valence-corrected chi connectivity index (χ3v) is 7.52. The van der Waals surface area contributed by atoms with Crippen LogP contribution in [-0.2, 0) is 11.4 Å². The normalized spacial score (nSPS) is 15.5. The quantitative estimate of drug-likeness (QED) is 0.279. The minimum atomic E-state index is -1.02. The van der Waals surface area contributed by atoms with Crippen molar-refractivity contribution in [2.75, 3.05) is 14.2 Å². The second-order valence-corrected chi connectivity index (χ2v) is 10.5. The number of benzene rings is 3. The predicted molar refractivity (Wildman–Crippen MR) is 150 cm³/mol. The Kier molecular flexibility index (Phi) is 8.49. The van der Waals surface area contributed by atoms with Gasteiger partial charge in [0.2, 0.25) is 0 Å². The maximum Gasteiger partial charge on any atom is 0.335 e. The van der Waals surface area contributed by atoms with Crippen LogP contribution in [0.15, 0.2) is 69.0 Å². The van der Waals surface area contributed by atoms with Crippen LogP contribution >= 0.6 is 50.9 Å². The molecule has 1 amide bonds. The average Bonchev–Trinajstić information content (AvgIpc) is 3.12. The fourth-order valence-electron chi connectivity index (χ4n) is 3.34. The number of amides is 1. The van der Waals surface area contributed by atoms with Crippen molar-refractivity contribution in [3.8, 4) is 11.5 Å². The number of carboxylic acid groups (broad SMARTS) is 1. The molecule has 7 nitrogen and oxygen atoms in total. The number of likely N-dealkylation sites (N-methyl/N-ethyl adjacent to an activating group) is 1. The van der Waals surface area contributed by atoms with Gasteiger partial charge in [0, 0.05) is 22.7 Å². The molecular weight excluding hydrogens is 603 g/mol. The largest absolute Gasteiger partial charge is 0.493 e. The molecule has 4 rings (SSSR count). The highest BCUT2D eigenvalue weighted by Gasteiger charge is 2.30. The first-order valence-corrected chi connectivity index (χ1v) is 13.1. The van der Waals surface area contributed by atoms with Crippen LogP contribution in [0.4, 0.5) is 5.69 Å². The van der Waals surface area contributed by atoms with Crippen molar-refractivity contribution < 1.29 is 24.2 Å². The molecule has 11 heteroatoms. The van der Waals surface area contributed by atoms with Crippen molar-refractivity contribution in [3.63, 3.8) is 0 Å². The van der Waals surface area contributed by atoms with Crippen LogP contribution in [0.25, 0.3) is 6.08 Å². The number of thioether (sulfide) groups is 1. The van der Waals surface area contributed by atoms with Crippen molar-refractivity contribution in [2.45, 2.75) is 6.61 Å². The molecule has 1 fully saturated rings. The van der Waals surface area contributed by atoms with E-state index in [-0.39, 0.29) is 18.1 Å². The van der Waals surface area contributed by atoms with E-state index in [1.807, 2.05) is 6.07 Å². The van der Waals surface area contributed by atoms with Gasteiger partial charge in [0.15, 0.2) is 16.7 Å². The number of carboxylic acids is 1. The summed E-state index contributed by atoms with van der Waals surface area (Å²) >= 11 is 17.0. The fraction of sp³-hybridized carbons (Fsp3) is 0.115. The lowest BCUT2D eigenvalue weighted by Crippen LogP contribution is -2.23. The van der Waals surface area contributed by atoms with E-state index in [0.29, 0.717) is 41.8 Å². The van der Waals surface area contributed by atoms with Gasteiger partial charge < -0.3 is 14.6 Å². The number of nitrogens with zero attached hydrogens (tertiary/aromatic N) is 2. The van der Waals surface area contributed by atoms with Gasteiger partial charge in [0.25, 0.3) is 5.91 Å². The van der Waals surface area contributed by atoms with Gasteiger partial charge in [-0.3, -0.25) is 9.69 Å². The van der Waals surface area contributed by atoms with E-state index in [4.69, 9.17) is 37.8 Å². The van der Waals surface area contributed by atoms with E-state index >= 15 is 0 Å². The Morgan fingerprint density at radius 1 is 1.16 bits per heavy atom. The monoisotopic (exact) mass is 620 g/mol. The second kappa shape index (κ2) is 11.6. The Morgan fingerprint density at radius 3 is 2.54 bits per heavy atom. The highest BCUT2D eigenvalue weighted by Crippen LogP contribution is 2.40. The minimum Gasteiger partial charge on any atom is -0.493 e. The third kappa shape index (κ3) is 6.30. The lowest BCUT2D eigenvalue weighted by Gasteiger charge is -2.14. The van der Waals surface area contributed by atoms with E-state index < -0.39 is 5.97 Å². The van der Waals surface area contributed by atoms with Crippen LogP contribution in [0, 0.1) is 0 Å². The van der Waals surface area contributed by atoms with Crippen LogP contribution < -0.4 is 9.47 Å². The van der Waals surface area contributed by atoms with Gasteiger partial charge in [-0.2, -0.15) is 0 Å². The SMILES string of the molecule is COc1cc(C=C2SC(=Nc3ccc(C(=O)O)cc3)N(C)C2=O)cc(Br)c1OCc1ccc(Cl)cc1Cl. The summed E-state index contributed by atoms with van der Waals surface area (Å²) in [4.78, 5) is 30.3. The summed E-state index contributed by atoms with van der Waals surface area (Å²) < 4.78 is 12.2. The Balaban J connectivity index is 1.55. The Labute approximate surface area is 235 Å². The molecule has 0 atom stereocenters. The smallest absolute Gasteiger partial charge is 0.335 e. The van der Waals surface area contributed by atoms with Gasteiger partial charge in [0.1, 0.15) is 6.61 Å². The summed E-state index contributed by atoms with van der Waals surface area (Å²) in [5.74, 6) is -0.259. The van der Waals surface area contributed by atoms with Crippen molar-refractivity contribution >= 4 is 79.7 Å². The summed E-state index contributed by atoms with van der Waals surface area (Å²) in [5.41, 5.74) is 2.19. The van der Waals surface area contributed by atoms with Gasteiger partial charge >= 0.3 is 5.97 Å². The van der Waals surface area contributed by atoms with Crippen LogP contribution in [0.2, 0.25) is 10.0 Å². The van der Waals surface area contributed by atoms with Gasteiger partial charge in [-0.1, -0.05) is 29.3 Å². The minimum absolute atomic E-state index is 0.163. The number of hydrogen-bond acceptors (Lipinski definition) is 6. The number of carbonyl (C=O) groups excluding carboxylic acids is 1. The van der Waals surface area contributed by atoms with Crippen molar-refractivity contribution in [3.05, 3.63) is 90.7 Å². The molecule has 0 aromatic heterocycles. The fourth-order valence-corrected chi connectivity index (χ4v) is 5.37. The zero-order valence-electron chi connectivity index (χ0n) is 19.5. The molecule has 1 N–H and O–H groups in total. The van der Waals surface area contributed by atoms with Crippen molar-refractivity contribution in [1.82, 2.24) is 4.90 Å². The van der Waals surface area contributed by atoms with Crippen LogP contribution in [0.1, 0.15) is 21.5 Å². The lowest BCUT2D eigenvalue weighted by atomic mass is 10.1. The van der Waals surface area contributed by atoms with E-state index in [1.165, 1.54) is 35.9 Å². The molecule has 0 radical (unpaired) electrons. The molecule has 190 valence electrons. The van der Waals surface area contributed by atoms with Gasteiger partial charge in [-0.05, 0) is 87.9 Å². The average molecular weight is 622 g/mol. The molecule has 0 saturated carbocycles. The predicted octanol–water partition coefficient (Wildman–Crippen LogP) is 7.28. The molecule has 1 aliphatic rings. The standard InChI is InChI=1S/C26H19BrCl2N2O5S/c1-31-24(32)22(37-26(31)30-18-7-4-15(5-8-18)25(33)34)11-14-9-19(27)23(21(10-14)35-2)36-13-16-3-6-17(28)12-20(16)29/h3-12H,13H2,1-2H3,(H,33,34). The van der Waals surface area contributed by atoms with Crippen LogP contribution in [0.5, 0.6) is 11.5 Å². The summed E-state index contributed by atoms with van der Waals surface area (Å²) in [7, 11) is 3.17. The first-order chi connectivity index (χ1) is 17.7. The molecule has 3 aromatic rings. The summed E-state index contributed by atoms with van der Waals surface area (Å²) in [6.45, 7) is 0.206. The number of halogens is 3. The van der Waals surface area contributed by atoms with Gasteiger partial charge in [-0.25, -0.2) is 9.79 Å². The third-order valence-electron chi connectivity index (χ3n) is 5.28.